The lowest BCUT2D eigenvalue weighted by Crippen LogP contribution is -2.24. The van der Waals surface area contributed by atoms with Crippen molar-refractivity contribution in [2.45, 2.75) is 65.7 Å². The Morgan fingerprint density at radius 2 is 1.76 bits per heavy atom. The highest BCUT2D eigenvalue weighted by molar-refractivity contribution is 14.1. The highest BCUT2D eigenvalue weighted by Gasteiger charge is 2.21. The molecule has 1 heterocycles. The summed E-state index contributed by atoms with van der Waals surface area (Å²) >= 11 is 2.29. The van der Waals surface area contributed by atoms with E-state index in [9.17, 15) is 4.79 Å². The topological polar surface area (TPSA) is 71.8 Å². The van der Waals surface area contributed by atoms with Crippen LogP contribution in [0.5, 0.6) is 0 Å². The van der Waals surface area contributed by atoms with E-state index in [1.165, 1.54) is 0 Å². The molecule has 206 valence electrons. The summed E-state index contributed by atoms with van der Waals surface area (Å²) in [6.45, 7) is 10.2. The van der Waals surface area contributed by atoms with E-state index in [0.717, 1.165) is 51.2 Å². The molecule has 0 atom stereocenters. The van der Waals surface area contributed by atoms with Crippen LogP contribution < -0.4 is 0 Å². The Morgan fingerprint density at radius 3 is 2.45 bits per heavy atom. The fraction of sp³-hybridized carbons (Fsp3) is 0.467. The standard InChI is InChI=1S/C30H39IN2O5/c1-6-7-12-27-32-28(31)26(20-37-21-36-18-17-35-5)33(27)19-22-13-15-23(16-14-22)24-10-8-9-11-25(24)29(34)38-30(2,3)4/h8-11,13-16H,6-7,12,17-21H2,1-5H3. The van der Waals surface area contributed by atoms with Crippen molar-refractivity contribution in [1.82, 2.24) is 9.55 Å². The number of carbonyl (C=O) groups is 1. The van der Waals surface area contributed by atoms with Crippen LogP contribution in [0.15, 0.2) is 48.5 Å². The third kappa shape index (κ3) is 8.90. The predicted molar refractivity (Wildman–Crippen MR) is 157 cm³/mol. The molecule has 38 heavy (non-hydrogen) atoms. The maximum Gasteiger partial charge on any atom is 0.339 e. The average molecular weight is 635 g/mol. The Labute approximate surface area is 240 Å². The van der Waals surface area contributed by atoms with Crippen molar-refractivity contribution >= 4 is 28.6 Å². The summed E-state index contributed by atoms with van der Waals surface area (Å²) in [6.07, 6.45) is 3.10. The van der Waals surface area contributed by atoms with Gasteiger partial charge in [0.2, 0.25) is 0 Å². The zero-order valence-corrected chi connectivity index (χ0v) is 25.2. The quantitative estimate of drug-likeness (QED) is 0.0858. The number of aryl methyl sites for hydroxylation is 1. The van der Waals surface area contributed by atoms with Gasteiger partial charge in [0.15, 0.2) is 0 Å². The minimum atomic E-state index is -0.552. The van der Waals surface area contributed by atoms with E-state index < -0.39 is 5.60 Å². The van der Waals surface area contributed by atoms with Crippen LogP contribution in [0.3, 0.4) is 0 Å². The van der Waals surface area contributed by atoms with E-state index in [0.29, 0.717) is 31.9 Å². The van der Waals surface area contributed by atoms with E-state index in [1.807, 2.05) is 45.0 Å². The first-order chi connectivity index (χ1) is 18.2. The molecule has 0 bridgehead atoms. The van der Waals surface area contributed by atoms with Crippen LogP contribution in [-0.4, -0.2) is 48.2 Å². The number of esters is 1. The molecular weight excluding hydrogens is 595 g/mol. The van der Waals surface area contributed by atoms with Crippen molar-refractivity contribution in [1.29, 1.82) is 0 Å². The summed E-state index contributed by atoms with van der Waals surface area (Å²) in [5.41, 5.74) is 4.03. The number of carbonyl (C=O) groups excluding carboxylic acids is 1. The van der Waals surface area contributed by atoms with Crippen molar-refractivity contribution in [3.63, 3.8) is 0 Å². The number of ether oxygens (including phenoxy) is 4. The van der Waals surface area contributed by atoms with Gasteiger partial charge < -0.3 is 23.5 Å². The van der Waals surface area contributed by atoms with Gasteiger partial charge in [-0.15, -0.1) is 0 Å². The van der Waals surface area contributed by atoms with E-state index in [4.69, 9.17) is 23.9 Å². The Balaban J connectivity index is 1.80. The maximum absolute atomic E-state index is 12.8. The molecule has 0 saturated carbocycles. The highest BCUT2D eigenvalue weighted by Crippen LogP contribution is 2.27. The van der Waals surface area contributed by atoms with Crippen LogP contribution in [0.2, 0.25) is 0 Å². The highest BCUT2D eigenvalue weighted by atomic mass is 127. The Kier molecular flexibility index (Phi) is 11.8. The molecule has 8 heteroatoms. The van der Waals surface area contributed by atoms with Crippen molar-refractivity contribution in [2.75, 3.05) is 27.1 Å². The molecule has 3 rings (SSSR count). The Hall–Kier alpha value is -2.27. The van der Waals surface area contributed by atoms with Gasteiger partial charge in [-0.05, 0) is 72.5 Å². The van der Waals surface area contributed by atoms with Crippen molar-refractivity contribution in [3.05, 3.63) is 74.9 Å². The second-order valence-electron chi connectivity index (χ2n) is 10.1. The fourth-order valence-corrected chi connectivity index (χ4v) is 4.70. The number of benzene rings is 2. The molecule has 0 spiro atoms. The molecular formula is C30H39IN2O5. The molecule has 0 N–H and O–H groups in total. The summed E-state index contributed by atoms with van der Waals surface area (Å²) in [4.78, 5) is 17.7. The van der Waals surface area contributed by atoms with Gasteiger partial charge in [0.05, 0.1) is 31.1 Å². The first-order valence-corrected chi connectivity index (χ1v) is 14.1. The van der Waals surface area contributed by atoms with Crippen molar-refractivity contribution < 1.29 is 23.7 Å². The molecule has 2 aromatic carbocycles. The minimum absolute atomic E-state index is 0.209. The summed E-state index contributed by atoms with van der Waals surface area (Å²) in [6, 6.07) is 15.9. The number of aromatic nitrogens is 2. The monoisotopic (exact) mass is 634 g/mol. The van der Waals surface area contributed by atoms with E-state index >= 15 is 0 Å². The van der Waals surface area contributed by atoms with Gasteiger partial charge in [-0.3, -0.25) is 0 Å². The number of halogens is 1. The van der Waals surface area contributed by atoms with Gasteiger partial charge in [-0.2, -0.15) is 0 Å². The lowest BCUT2D eigenvalue weighted by Gasteiger charge is -2.20. The second-order valence-corrected chi connectivity index (χ2v) is 11.1. The van der Waals surface area contributed by atoms with Crippen LogP contribution in [0, 0.1) is 3.70 Å². The number of nitrogens with zero attached hydrogens (tertiary/aromatic N) is 2. The van der Waals surface area contributed by atoms with E-state index in [-0.39, 0.29) is 12.8 Å². The first kappa shape index (κ1) is 30.3. The molecule has 3 aromatic rings. The van der Waals surface area contributed by atoms with Crippen LogP contribution >= 0.6 is 22.6 Å². The Morgan fingerprint density at radius 1 is 1.03 bits per heavy atom. The maximum atomic E-state index is 12.8. The lowest BCUT2D eigenvalue weighted by molar-refractivity contribution is -0.0739. The molecule has 0 amide bonds. The number of unbranched alkanes of at least 4 members (excludes halogenated alkanes) is 1. The number of rotatable bonds is 14. The Bertz CT molecular complexity index is 1170. The molecule has 0 fully saturated rings. The van der Waals surface area contributed by atoms with Gasteiger partial charge in [0.25, 0.3) is 0 Å². The third-order valence-corrected chi connectivity index (χ3v) is 6.71. The van der Waals surface area contributed by atoms with Gasteiger partial charge in [-0.1, -0.05) is 55.8 Å². The van der Waals surface area contributed by atoms with Gasteiger partial charge in [0, 0.05) is 20.1 Å². The summed E-state index contributed by atoms with van der Waals surface area (Å²) < 4.78 is 25.1. The molecule has 0 aliphatic carbocycles. The normalized spacial score (nSPS) is 11.6. The fourth-order valence-electron chi connectivity index (χ4n) is 3.97. The van der Waals surface area contributed by atoms with Crippen molar-refractivity contribution in [3.8, 4) is 11.1 Å². The summed E-state index contributed by atoms with van der Waals surface area (Å²) in [5, 5.41) is 0. The minimum Gasteiger partial charge on any atom is -0.456 e. The van der Waals surface area contributed by atoms with Gasteiger partial charge >= 0.3 is 5.97 Å². The molecule has 1 aromatic heterocycles. The van der Waals surface area contributed by atoms with Gasteiger partial charge in [0.1, 0.15) is 21.9 Å². The average Bonchev–Trinajstić information content (AvgIpc) is 3.18. The molecule has 0 radical (unpaired) electrons. The van der Waals surface area contributed by atoms with E-state index in [1.54, 1.807) is 7.11 Å². The molecule has 0 unspecified atom stereocenters. The number of imidazole rings is 1. The first-order valence-electron chi connectivity index (χ1n) is 13.0. The smallest absolute Gasteiger partial charge is 0.339 e. The number of methoxy groups -OCH3 is 1. The third-order valence-electron chi connectivity index (χ3n) is 5.85. The second kappa shape index (κ2) is 14.8. The molecule has 0 saturated heterocycles. The lowest BCUT2D eigenvalue weighted by atomic mass is 9.98. The number of hydrogen-bond donors (Lipinski definition) is 0. The van der Waals surface area contributed by atoms with Crippen LogP contribution in [0.25, 0.3) is 11.1 Å². The van der Waals surface area contributed by atoms with E-state index in [2.05, 4.69) is 58.3 Å². The number of hydrogen-bond acceptors (Lipinski definition) is 6. The van der Waals surface area contributed by atoms with Crippen LogP contribution in [0.4, 0.5) is 0 Å². The van der Waals surface area contributed by atoms with Gasteiger partial charge in [-0.25, -0.2) is 9.78 Å². The van der Waals surface area contributed by atoms with Crippen LogP contribution in [0.1, 0.15) is 68.0 Å². The zero-order chi connectivity index (χ0) is 27.5. The zero-order valence-electron chi connectivity index (χ0n) is 23.1. The SMILES string of the molecule is CCCCc1nc(I)c(COCOCCOC)n1Cc1ccc(-c2ccccc2C(=O)OC(C)(C)C)cc1. The van der Waals surface area contributed by atoms with Crippen LogP contribution in [-0.2, 0) is 38.5 Å². The molecule has 0 aliphatic rings. The largest absolute Gasteiger partial charge is 0.456 e. The molecule has 7 nitrogen and oxygen atoms in total. The van der Waals surface area contributed by atoms with Crippen molar-refractivity contribution in [2.24, 2.45) is 0 Å². The predicted octanol–water partition coefficient (Wildman–Crippen LogP) is 6.64. The summed E-state index contributed by atoms with van der Waals surface area (Å²) in [5.74, 6) is 0.746. The molecule has 0 aliphatic heterocycles. The summed E-state index contributed by atoms with van der Waals surface area (Å²) in [7, 11) is 1.65.